The molecule has 0 saturated heterocycles. The van der Waals surface area contributed by atoms with Gasteiger partial charge in [-0.2, -0.15) is 0 Å². The number of amides is 2. The zero-order valence-corrected chi connectivity index (χ0v) is 13.1. The second-order valence-electron chi connectivity index (χ2n) is 5.45. The van der Waals surface area contributed by atoms with Crippen LogP contribution in [-0.2, 0) is 19.1 Å². The maximum atomic E-state index is 11.6. The summed E-state index contributed by atoms with van der Waals surface area (Å²) in [6.45, 7) is 5.38. The van der Waals surface area contributed by atoms with Crippen LogP contribution in [0.4, 0.5) is 0 Å². The van der Waals surface area contributed by atoms with Crippen molar-refractivity contribution in [3.63, 3.8) is 0 Å². The van der Waals surface area contributed by atoms with Crippen LogP contribution in [0.25, 0.3) is 0 Å². The van der Waals surface area contributed by atoms with Crippen LogP contribution >= 0.6 is 0 Å². The van der Waals surface area contributed by atoms with Crippen molar-refractivity contribution in [1.29, 1.82) is 0 Å². The molecule has 0 fully saturated rings. The molecule has 1 unspecified atom stereocenters. The first-order valence-corrected chi connectivity index (χ1v) is 7.07. The van der Waals surface area contributed by atoms with Crippen LogP contribution in [0, 0.1) is 5.92 Å². The van der Waals surface area contributed by atoms with Crippen molar-refractivity contribution in [3.8, 4) is 0 Å². The van der Waals surface area contributed by atoms with Crippen LogP contribution in [0.15, 0.2) is 0 Å². The smallest absolute Gasteiger partial charge is 0.326 e. The summed E-state index contributed by atoms with van der Waals surface area (Å²) in [5.41, 5.74) is 0. The molecule has 21 heavy (non-hydrogen) atoms. The fourth-order valence-electron chi connectivity index (χ4n) is 1.66. The molecular formula is C14H26N2O5. The molecule has 0 spiro atoms. The van der Waals surface area contributed by atoms with E-state index in [2.05, 4.69) is 10.6 Å². The topological polar surface area (TPSA) is 105 Å². The van der Waals surface area contributed by atoms with E-state index in [9.17, 15) is 14.4 Å². The maximum absolute atomic E-state index is 11.6. The van der Waals surface area contributed by atoms with E-state index >= 15 is 0 Å². The number of aliphatic carboxylic acids is 1. The van der Waals surface area contributed by atoms with Gasteiger partial charge in [-0.25, -0.2) is 4.79 Å². The molecule has 0 heterocycles. The molecule has 7 heteroatoms. The number of carboxylic acids is 1. The molecule has 0 bridgehead atoms. The van der Waals surface area contributed by atoms with Crippen molar-refractivity contribution in [2.24, 2.45) is 5.92 Å². The Kier molecular flexibility index (Phi) is 9.36. The predicted molar refractivity (Wildman–Crippen MR) is 77.7 cm³/mol. The van der Waals surface area contributed by atoms with Gasteiger partial charge in [0.1, 0.15) is 6.04 Å². The molecule has 0 radical (unpaired) electrons. The molecule has 0 aliphatic heterocycles. The Morgan fingerprint density at radius 3 is 2.24 bits per heavy atom. The van der Waals surface area contributed by atoms with Gasteiger partial charge < -0.3 is 20.5 Å². The third-order valence-corrected chi connectivity index (χ3v) is 2.97. The number of carboxylic acid groups (broad SMARTS) is 1. The Balaban J connectivity index is 4.07. The summed E-state index contributed by atoms with van der Waals surface area (Å²) in [6, 6.07) is -0.928. The Morgan fingerprint density at radius 1 is 1.14 bits per heavy atom. The summed E-state index contributed by atoms with van der Waals surface area (Å²) in [7, 11) is 1.57. The highest BCUT2D eigenvalue weighted by Crippen LogP contribution is 2.04. The maximum Gasteiger partial charge on any atom is 0.326 e. The van der Waals surface area contributed by atoms with Gasteiger partial charge in [0.05, 0.1) is 12.6 Å². The summed E-state index contributed by atoms with van der Waals surface area (Å²) in [5, 5.41) is 13.9. The molecule has 2 amide bonds. The van der Waals surface area contributed by atoms with Gasteiger partial charge in [-0.1, -0.05) is 13.8 Å². The van der Waals surface area contributed by atoms with E-state index in [-0.39, 0.29) is 30.9 Å². The average molecular weight is 302 g/mol. The zero-order valence-electron chi connectivity index (χ0n) is 13.1. The summed E-state index contributed by atoms with van der Waals surface area (Å²) < 4.78 is 5.02. The second-order valence-corrected chi connectivity index (χ2v) is 5.45. The van der Waals surface area contributed by atoms with Crippen molar-refractivity contribution in [3.05, 3.63) is 0 Å². The quantitative estimate of drug-likeness (QED) is 0.546. The van der Waals surface area contributed by atoms with Crippen molar-refractivity contribution in [1.82, 2.24) is 10.6 Å². The molecule has 0 aliphatic rings. The predicted octanol–water partition coefficient (Wildman–Crippen LogP) is 0.533. The molecule has 2 atom stereocenters. The van der Waals surface area contributed by atoms with Gasteiger partial charge in [-0.15, -0.1) is 0 Å². The third kappa shape index (κ3) is 9.84. The van der Waals surface area contributed by atoms with E-state index in [0.29, 0.717) is 12.8 Å². The lowest BCUT2D eigenvalue weighted by Gasteiger charge is -2.16. The zero-order chi connectivity index (χ0) is 16.4. The first kappa shape index (κ1) is 19.4. The summed E-state index contributed by atoms with van der Waals surface area (Å²) in [5.74, 6) is -1.69. The van der Waals surface area contributed by atoms with Crippen LogP contribution in [0.3, 0.4) is 0 Å². The number of ether oxygens (including phenoxy) is 1. The van der Waals surface area contributed by atoms with Gasteiger partial charge in [-0.05, 0) is 25.7 Å². The second kappa shape index (κ2) is 10.1. The normalized spacial score (nSPS) is 13.6. The number of carbonyl (C=O) groups is 3. The van der Waals surface area contributed by atoms with Gasteiger partial charge in [0.2, 0.25) is 11.8 Å². The Morgan fingerprint density at radius 2 is 1.76 bits per heavy atom. The highest BCUT2D eigenvalue weighted by molar-refractivity contribution is 5.87. The van der Waals surface area contributed by atoms with Crippen LogP contribution in [0.2, 0.25) is 0 Å². The fraction of sp³-hybridized carbons (Fsp3) is 0.786. The van der Waals surface area contributed by atoms with Gasteiger partial charge in [0.15, 0.2) is 0 Å². The van der Waals surface area contributed by atoms with Gasteiger partial charge >= 0.3 is 5.97 Å². The number of hydrogen-bond acceptors (Lipinski definition) is 4. The molecule has 0 aliphatic carbocycles. The lowest BCUT2D eigenvalue weighted by molar-refractivity contribution is -0.142. The van der Waals surface area contributed by atoms with E-state index in [0.717, 1.165) is 0 Å². The molecule has 122 valence electrons. The van der Waals surface area contributed by atoms with Crippen molar-refractivity contribution in [2.45, 2.75) is 52.2 Å². The lowest BCUT2D eigenvalue weighted by atomic mass is 10.0. The SMILES string of the molecule is COC(C)CCC(=O)NCC(=O)N[C@@H](CC(C)C)C(=O)O. The van der Waals surface area contributed by atoms with Crippen LogP contribution in [-0.4, -0.2) is 48.7 Å². The number of methoxy groups -OCH3 is 1. The Hall–Kier alpha value is -1.63. The highest BCUT2D eigenvalue weighted by Gasteiger charge is 2.21. The highest BCUT2D eigenvalue weighted by atomic mass is 16.5. The molecular weight excluding hydrogens is 276 g/mol. The molecule has 0 aromatic carbocycles. The molecule has 3 N–H and O–H groups in total. The minimum atomic E-state index is -1.07. The van der Waals surface area contributed by atoms with Crippen molar-refractivity contribution in [2.75, 3.05) is 13.7 Å². The molecule has 0 aromatic rings. The molecule has 0 rings (SSSR count). The standard InChI is InChI=1S/C14H26N2O5/c1-9(2)7-11(14(19)20)16-13(18)8-15-12(17)6-5-10(3)21-4/h9-11H,5-8H2,1-4H3,(H,15,17)(H,16,18)(H,19,20)/t10?,11-/m0/s1. The number of hydrogen-bond donors (Lipinski definition) is 3. The number of nitrogens with one attached hydrogen (secondary N) is 2. The van der Waals surface area contributed by atoms with E-state index in [4.69, 9.17) is 9.84 Å². The van der Waals surface area contributed by atoms with E-state index in [1.165, 1.54) is 0 Å². The van der Waals surface area contributed by atoms with E-state index in [1.54, 1.807) is 7.11 Å². The summed E-state index contributed by atoms with van der Waals surface area (Å²) in [6.07, 6.45) is 1.15. The third-order valence-electron chi connectivity index (χ3n) is 2.97. The fourth-order valence-corrected chi connectivity index (χ4v) is 1.66. The Labute approximate surface area is 125 Å². The van der Waals surface area contributed by atoms with Crippen LogP contribution < -0.4 is 10.6 Å². The number of rotatable bonds is 10. The van der Waals surface area contributed by atoms with Crippen molar-refractivity contribution < 1.29 is 24.2 Å². The minimum Gasteiger partial charge on any atom is -0.480 e. The van der Waals surface area contributed by atoms with Crippen LogP contribution in [0.1, 0.15) is 40.0 Å². The summed E-state index contributed by atoms with van der Waals surface area (Å²) >= 11 is 0. The number of carbonyl (C=O) groups excluding carboxylic acids is 2. The van der Waals surface area contributed by atoms with E-state index in [1.807, 2.05) is 20.8 Å². The van der Waals surface area contributed by atoms with Gasteiger partial charge in [0, 0.05) is 13.5 Å². The molecule has 0 aromatic heterocycles. The van der Waals surface area contributed by atoms with Crippen LogP contribution in [0.5, 0.6) is 0 Å². The largest absolute Gasteiger partial charge is 0.480 e. The van der Waals surface area contributed by atoms with E-state index < -0.39 is 17.9 Å². The molecule has 7 nitrogen and oxygen atoms in total. The summed E-state index contributed by atoms with van der Waals surface area (Å²) in [4.78, 5) is 34.1. The van der Waals surface area contributed by atoms with Gasteiger partial charge in [0.25, 0.3) is 0 Å². The lowest BCUT2D eigenvalue weighted by Crippen LogP contribution is -2.46. The molecule has 0 saturated carbocycles. The monoisotopic (exact) mass is 302 g/mol. The van der Waals surface area contributed by atoms with Crippen molar-refractivity contribution >= 4 is 17.8 Å². The Bertz CT molecular complexity index is 357. The first-order chi connectivity index (χ1) is 9.76. The van der Waals surface area contributed by atoms with Gasteiger partial charge in [-0.3, -0.25) is 9.59 Å². The minimum absolute atomic E-state index is 0.0213. The first-order valence-electron chi connectivity index (χ1n) is 7.07. The average Bonchev–Trinajstić information content (AvgIpc) is 2.41.